The lowest BCUT2D eigenvalue weighted by molar-refractivity contribution is -0.139. The minimum absolute atomic E-state index is 0.101. The average Bonchev–Trinajstić information content (AvgIpc) is 2.79. The molecule has 2 amide bonds. The summed E-state index contributed by atoms with van der Waals surface area (Å²) >= 11 is 12.3. The minimum Gasteiger partial charge on any atom is -0.490 e. The van der Waals surface area contributed by atoms with E-state index in [1.165, 1.54) is 18.2 Å². The highest BCUT2D eigenvalue weighted by Gasteiger charge is 2.36. The Hall–Kier alpha value is -2.65. The summed E-state index contributed by atoms with van der Waals surface area (Å²) in [6.07, 6.45) is -5.01. The number of alkyl carbamates (subject to hydrolysis) is 1. The van der Waals surface area contributed by atoms with Gasteiger partial charge in [0.05, 0.1) is 5.56 Å². The topological polar surface area (TPSA) is 67.9 Å². The van der Waals surface area contributed by atoms with Gasteiger partial charge in [0.2, 0.25) is 5.91 Å². The Morgan fingerprint density at radius 1 is 1.08 bits per heavy atom. The van der Waals surface area contributed by atoms with Crippen molar-refractivity contribution in [2.24, 2.45) is 0 Å². The molecule has 6 nitrogen and oxygen atoms in total. The van der Waals surface area contributed by atoms with Gasteiger partial charge in [-0.3, -0.25) is 4.79 Å². The van der Waals surface area contributed by atoms with Crippen molar-refractivity contribution in [2.45, 2.75) is 64.0 Å². The molecule has 37 heavy (non-hydrogen) atoms. The maximum absolute atomic E-state index is 13.4. The summed E-state index contributed by atoms with van der Waals surface area (Å²) in [5.41, 5.74) is -0.990. The van der Waals surface area contributed by atoms with Gasteiger partial charge in [0.25, 0.3) is 0 Å². The summed E-state index contributed by atoms with van der Waals surface area (Å²) in [6, 6.07) is 8.95. The lowest BCUT2D eigenvalue weighted by Crippen LogP contribution is -2.53. The summed E-state index contributed by atoms with van der Waals surface area (Å²) in [4.78, 5) is 27.5. The number of para-hydroxylation sites is 1. The molecule has 1 fully saturated rings. The van der Waals surface area contributed by atoms with Crippen molar-refractivity contribution in [2.75, 3.05) is 13.1 Å². The summed E-state index contributed by atoms with van der Waals surface area (Å²) < 4.78 is 50.9. The number of rotatable bonds is 6. The molecule has 2 aromatic rings. The number of piperidine rings is 1. The van der Waals surface area contributed by atoms with E-state index in [-0.39, 0.29) is 31.2 Å². The highest BCUT2D eigenvalue weighted by Crippen LogP contribution is 2.37. The molecule has 0 aromatic heterocycles. The van der Waals surface area contributed by atoms with Crippen LogP contribution >= 0.6 is 23.2 Å². The van der Waals surface area contributed by atoms with Crippen molar-refractivity contribution in [1.82, 2.24) is 10.2 Å². The van der Waals surface area contributed by atoms with Crippen LogP contribution in [0.15, 0.2) is 42.5 Å². The number of nitrogens with zero attached hydrogens (tertiary/aromatic N) is 1. The molecule has 1 aliphatic rings. The first-order chi connectivity index (χ1) is 17.2. The number of carbonyl (C=O) groups excluding carboxylic acids is 2. The number of carbonyl (C=O) groups is 2. The molecule has 0 unspecified atom stereocenters. The van der Waals surface area contributed by atoms with E-state index in [1.807, 2.05) is 0 Å². The fourth-order valence-corrected chi connectivity index (χ4v) is 4.44. The third-order valence-electron chi connectivity index (χ3n) is 5.67. The first kappa shape index (κ1) is 28.9. The molecule has 11 heteroatoms. The molecule has 3 rings (SSSR count). The number of ether oxygens (including phenoxy) is 2. The SMILES string of the molecule is CC(C)(C)OC(=O)N[C@H](Cc1ccc(Cl)cc1Cl)C(=O)N1CCC(Oc2ccccc2C(F)(F)F)CC1. The number of hydrogen-bond acceptors (Lipinski definition) is 4. The number of likely N-dealkylation sites (tertiary alicyclic amines) is 1. The summed E-state index contributed by atoms with van der Waals surface area (Å²) in [5.74, 6) is -0.590. The van der Waals surface area contributed by atoms with E-state index in [0.29, 0.717) is 28.5 Å². The largest absolute Gasteiger partial charge is 0.490 e. The molecule has 1 N–H and O–H groups in total. The van der Waals surface area contributed by atoms with Crippen LogP contribution in [0.25, 0.3) is 0 Å². The van der Waals surface area contributed by atoms with Crippen molar-refractivity contribution < 1.29 is 32.2 Å². The highest BCUT2D eigenvalue weighted by molar-refractivity contribution is 6.35. The standard InChI is InChI=1S/C26H29Cl2F3N2O4/c1-25(2,3)37-24(35)32-21(14-16-8-9-17(27)15-20(16)28)23(34)33-12-10-18(11-13-33)36-22-7-5-4-6-19(22)26(29,30)31/h4-9,15,18,21H,10-14H2,1-3H3,(H,32,35)/t21-/m1/s1. The van der Waals surface area contributed by atoms with E-state index in [9.17, 15) is 22.8 Å². The number of halogens is 5. The number of nitrogens with one attached hydrogen (secondary N) is 1. The van der Waals surface area contributed by atoms with Crippen molar-refractivity contribution in [3.05, 3.63) is 63.6 Å². The van der Waals surface area contributed by atoms with Gasteiger partial charge in [0.1, 0.15) is 23.5 Å². The van der Waals surface area contributed by atoms with E-state index in [0.717, 1.165) is 6.07 Å². The van der Waals surface area contributed by atoms with Gasteiger partial charge in [0.15, 0.2) is 0 Å². The van der Waals surface area contributed by atoms with Crippen molar-refractivity contribution in [3.8, 4) is 5.75 Å². The molecule has 0 bridgehead atoms. The van der Waals surface area contributed by atoms with E-state index in [4.69, 9.17) is 32.7 Å². The van der Waals surface area contributed by atoms with Crippen LogP contribution in [0.1, 0.15) is 44.7 Å². The third kappa shape index (κ3) is 8.43. The first-order valence-electron chi connectivity index (χ1n) is 11.8. The van der Waals surface area contributed by atoms with Gasteiger partial charge >= 0.3 is 12.3 Å². The van der Waals surface area contributed by atoms with Crippen LogP contribution in [0.3, 0.4) is 0 Å². The first-order valence-corrected chi connectivity index (χ1v) is 12.5. The number of benzene rings is 2. The molecule has 202 valence electrons. The summed E-state index contributed by atoms with van der Waals surface area (Å²) in [5, 5.41) is 3.43. The van der Waals surface area contributed by atoms with E-state index >= 15 is 0 Å². The Labute approximate surface area is 224 Å². The summed E-state index contributed by atoms with van der Waals surface area (Å²) in [6.45, 7) is 5.63. The normalized spacial score (nSPS) is 15.7. The zero-order valence-corrected chi connectivity index (χ0v) is 22.2. The van der Waals surface area contributed by atoms with Gasteiger partial charge in [0, 0.05) is 42.4 Å². The number of hydrogen-bond donors (Lipinski definition) is 1. The molecule has 1 aliphatic heterocycles. The predicted molar refractivity (Wildman–Crippen MR) is 135 cm³/mol. The third-order valence-corrected chi connectivity index (χ3v) is 6.25. The molecule has 2 aromatic carbocycles. The van der Waals surface area contributed by atoms with Gasteiger partial charge in [-0.25, -0.2) is 4.79 Å². The van der Waals surface area contributed by atoms with Gasteiger partial charge in [-0.05, 0) is 50.6 Å². The lowest BCUT2D eigenvalue weighted by atomic mass is 10.0. The molecule has 0 spiro atoms. The van der Waals surface area contributed by atoms with Gasteiger partial charge in [-0.15, -0.1) is 0 Å². The average molecular weight is 561 g/mol. The van der Waals surface area contributed by atoms with E-state index in [2.05, 4.69) is 5.32 Å². The van der Waals surface area contributed by atoms with E-state index < -0.39 is 35.6 Å². The zero-order chi connectivity index (χ0) is 27.4. The second-order valence-electron chi connectivity index (χ2n) is 9.78. The molecule has 1 saturated heterocycles. The second-order valence-corrected chi connectivity index (χ2v) is 10.6. The Kier molecular flexibility index (Phi) is 9.23. The maximum atomic E-state index is 13.4. The van der Waals surface area contributed by atoms with Crippen LogP contribution in [-0.2, 0) is 22.1 Å². The smallest absolute Gasteiger partial charge is 0.419 e. The molecule has 0 aliphatic carbocycles. The monoisotopic (exact) mass is 560 g/mol. The fraction of sp³-hybridized carbons (Fsp3) is 0.462. The van der Waals surface area contributed by atoms with Crippen LogP contribution in [0.5, 0.6) is 5.75 Å². The van der Waals surface area contributed by atoms with Crippen LogP contribution in [-0.4, -0.2) is 47.7 Å². The van der Waals surface area contributed by atoms with Gasteiger partial charge in [-0.2, -0.15) is 13.2 Å². The Bertz CT molecular complexity index is 1110. The minimum atomic E-state index is -4.53. The number of amides is 2. The van der Waals surface area contributed by atoms with Crippen LogP contribution in [0.4, 0.5) is 18.0 Å². The Balaban J connectivity index is 1.69. The van der Waals surface area contributed by atoms with E-state index in [1.54, 1.807) is 43.9 Å². The van der Waals surface area contributed by atoms with Crippen LogP contribution < -0.4 is 10.1 Å². The predicted octanol–water partition coefficient (Wildman–Crippen LogP) is 6.52. The fourth-order valence-electron chi connectivity index (χ4n) is 3.95. The molecule has 1 heterocycles. The zero-order valence-electron chi connectivity index (χ0n) is 20.7. The molecule has 0 saturated carbocycles. The van der Waals surface area contributed by atoms with Crippen molar-refractivity contribution >= 4 is 35.2 Å². The summed E-state index contributed by atoms with van der Waals surface area (Å²) in [7, 11) is 0. The van der Waals surface area contributed by atoms with Gasteiger partial charge in [-0.1, -0.05) is 41.4 Å². The van der Waals surface area contributed by atoms with Crippen molar-refractivity contribution in [1.29, 1.82) is 0 Å². The molecular formula is C26H29Cl2F3N2O4. The van der Waals surface area contributed by atoms with Crippen molar-refractivity contribution in [3.63, 3.8) is 0 Å². The van der Waals surface area contributed by atoms with Crippen LogP contribution in [0, 0.1) is 0 Å². The number of alkyl halides is 3. The Morgan fingerprint density at radius 2 is 1.73 bits per heavy atom. The molecule has 0 radical (unpaired) electrons. The Morgan fingerprint density at radius 3 is 2.32 bits per heavy atom. The molecule has 1 atom stereocenters. The van der Waals surface area contributed by atoms with Crippen LogP contribution in [0.2, 0.25) is 10.0 Å². The molecular weight excluding hydrogens is 532 g/mol. The lowest BCUT2D eigenvalue weighted by Gasteiger charge is -2.35. The highest BCUT2D eigenvalue weighted by atomic mass is 35.5. The van der Waals surface area contributed by atoms with Gasteiger partial charge < -0.3 is 19.7 Å². The quantitative estimate of drug-likeness (QED) is 0.436. The maximum Gasteiger partial charge on any atom is 0.419 e. The second kappa shape index (κ2) is 11.8.